The van der Waals surface area contributed by atoms with E-state index in [1.54, 1.807) is 4.90 Å². The highest BCUT2D eigenvalue weighted by Gasteiger charge is 2.25. The molecule has 1 heterocycles. The fourth-order valence-corrected chi connectivity index (χ4v) is 2.42. The summed E-state index contributed by atoms with van der Waals surface area (Å²) >= 11 is 3.46. The molecule has 0 spiro atoms. The minimum Gasteiger partial charge on any atom is -0.435 e. The van der Waals surface area contributed by atoms with Crippen LogP contribution >= 0.6 is 15.9 Å². The summed E-state index contributed by atoms with van der Waals surface area (Å²) in [6.45, 7) is -1.46. The fraction of sp³-hybridized carbons (Fsp3) is 0.417. The molecule has 0 aromatic heterocycles. The third-order valence-electron chi connectivity index (χ3n) is 2.74. The lowest BCUT2D eigenvalue weighted by Crippen LogP contribution is -2.28. The minimum absolute atomic E-state index is 0.0568. The van der Waals surface area contributed by atoms with Gasteiger partial charge in [0.2, 0.25) is 0 Å². The Balaban J connectivity index is 2.03. The van der Waals surface area contributed by atoms with Crippen LogP contribution < -0.4 is 4.74 Å². The van der Waals surface area contributed by atoms with Gasteiger partial charge in [-0.1, -0.05) is 15.9 Å². The highest BCUT2D eigenvalue weighted by molar-refractivity contribution is 9.09. The third-order valence-corrected chi connectivity index (χ3v) is 3.49. The Morgan fingerprint density at radius 2 is 2.06 bits per heavy atom. The van der Waals surface area contributed by atoms with Crippen molar-refractivity contribution in [2.24, 2.45) is 0 Å². The van der Waals surface area contributed by atoms with Crippen molar-refractivity contribution in [2.45, 2.75) is 17.9 Å². The lowest BCUT2D eigenvalue weighted by atomic mass is 10.2. The highest BCUT2D eigenvalue weighted by atomic mass is 79.9. The van der Waals surface area contributed by atoms with E-state index in [-0.39, 0.29) is 11.7 Å². The van der Waals surface area contributed by atoms with Gasteiger partial charge in [0.25, 0.3) is 5.91 Å². The van der Waals surface area contributed by atoms with Crippen molar-refractivity contribution in [2.75, 3.05) is 13.1 Å². The SMILES string of the molecule is O=C(c1ccc(OC(F)F)cc1)N1CCC(Br)C1. The molecule has 0 N–H and O–H groups in total. The smallest absolute Gasteiger partial charge is 0.387 e. The number of likely N-dealkylation sites (tertiary alicyclic amines) is 1. The van der Waals surface area contributed by atoms with E-state index in [0.717, 1.165) is 6.42 Å². The third kappa shape index (κ3) is 3.19. The topological polar surface area (TPSA) is 29.5 Å². The van der Waals surface area contributed by atoms with Crippen LogP contribution in [0.1, 0.15) is 16.8 Å². The van der Waals surface area contributed by atoms with E-state index in [0.29, 0.717) is 23.5 Å². The molecule has 1 saturated heterocycles. The van der Waals surface area contributed by atoms with Crippen LogP contribution in [0.15, 0.2) is 24.3 Å². The van der Waals surface area contributed by atoms with Gasteiger partial charge in [-0.15, -0.1) is 0 Å². The quantitative estimate of drug-likeness (QED) is 0.802. The number of amides is 1. The number of nitrogens with zero attached hydrogens (tertiary/aromatic N) is 1. The summed E-state index contributed by atoms with van der Waals surface area (Å²) in [6, 6.07) is 5.76. The van der Waals surface area contributed by atoms with Crippen LogP contribution in [0.25, 0.3) is 0 Å². The number of carbonyl (C=O) groups excluding carboxylic acids is 1. The maximum absolute atomic E-state index is 12.0. The molecule has 3 nitrogen and oxygen atoms in total. The van der Waals surface area contributed by atoms with Gasteiger partial charge in [0.05, 0.1) is 0 Å². The predicted molar refractivity (Wildman–Crippen MR) is 66.3 cm³/mol. The van der Waals surface area contributed by atoms with Gasteiger partial charge in [-0.25, -0.2) is 0 Å². The molecule has 18 heavy (non-hydrogen) atoms. The van der Waals surface area contributed by atoms with E-state index in [2.05, 4.69) is 20.7 Å². The average molecular weight is 320 g/mol. The molecule has 0 aliphatic carbocycles. The lowest BCUT2D eigenvalue weighted by molar-refractivity contribution is -0.0498. The Hall–Kier alpha value is -1.17. The summed E-state index contributed by atoms with van der Waals surface area (Å²) < 4.78 is 28.2. The zero-order valence-electron chi connectivity index (χ0n) is 9.48. The average Bonchev–Trinajstić information content (AvgIpc) is 2.75. The van der Waals surface area contributed by atoms with E-state index in [1.807, 2.05) is 0 Å². The molecule has 1 aromatic rings. The molecule has 1 fully saturated rings. The molecule has 1 amide bonds. The summed E-state index contributed by atoms with van der Waals surface area (Å²) in [6.07, 6.45) is 0.929. The van der Waals surface area contributed by atoms with Crippen molar-refractivity contribution in [3.05, 3.63) is 29.8 Å². The van der Waals surface area contributed by atoms with Crippen LogP contribution in [0.2, 0.25) is 0 Å². The number of benzene rings is 1. The van der Waals surface area contributed by atoms with Crippen LogP contribution in [-0.2, 0) is 0 Å². The molecule has 1 aromatic carbocycles. The highest BCUT2D eigenvalue weighted by Crippen LogP contribution is 2.20. The first-order chi connectivity index (χ1) is 8.56. The van der Waals surface area contributed by atoms with Gasteiger partial charge in [0.1, 0.15) is 5.75 Å². The maximum Gasteiger partial charge on any atom is 0.387 e. The molecule has 0 radical (unpaired) electrons. The van der Waals surface area contributed by atoms with Crippen molar-refractivity contribution in [1.82, 2.24) is 4.90 Å². The zero-order chi connectivity index (χ0) is 13.1. The second-order valence-electron chi connectivity index (χ2n) is 4.04. The number of hydrogen-bond acceptors (Lipinski definition) is 2. The van der Waals surface area contributed by atoms with Crippen molar-refractivity contribution in [3.8, 4) is 5.75 Å². The number of halogens is 3. The van der Waals surface area contributed by atoms with Crippen molar-refractivity contribution < 1.29 is 18.3 Å². The van der Waals surface area contributed by atoms with Crippen LogP contribution in [0, 0.1) is 0 Å². The van der Waals surface area contributed by atoms with E-state index in [4.69, 9.17) is 0 Å². The molecule has 1 aliphatic rings. The standard InChI is InChI=1S/C12H12BrF2NO2/c13-9-5-6-16(7-9)11(17)8-1-3-10(4-2-8)18-12(14)15/h1-4,9,12H,5-7H2. The maximum atomic E-state index is 12.0. The number of hydrogen-bond donors (Lipinski definition) is 0. The minimum atomic E-state index is -2.85. The van der Waals surface area contributed by atoms with Crippen LogP contribution in [-0.4, -0.2) is 35.3 Å². The normalized spacial score (nSPS) is 19.3. The molecule has 0 saturated carbocycles. The van der Waals surface area contributed by atoms with Crippen LogP contribution in [0.4, 0.5) is 8.78 Å². The molecule has 1 aliphatic heterocycles. The first kappa shape index (κ1) is 13.3. The number of rotatable bonds is 3. The second kappa shape index (κ2) is 5.65. The largest absolute Gasteiger partial charge is 0.435 e. The molecular weight excluding hydrogens is 308 g/mol. The number of alkyl halides is 3. The van der Waals surface area contributed by atoms with Gasteiger partial charge < -0.3 is 9.64 Å². The lowest BCUT2D eigenvalue weighted by Gasteiger charge is -2.15. The van der Waals surface area contributed by atoms with Gasteiger partial charge in [0.15, 0.2) is 0 Å². The summed E-state index contributed by atoms with van der Waals surface area (Å²) in [5.74, 6) is -0.0260. The van der Waals surface area contributed by atoms with E-state index in [9.17, 15) is 13.6 Å². The summed E-state index contributed by atoms with van der Waals surface area (Å²) in [5, 5.41) is 0. The fourth-order valence-electron chi connectivity index (χ4n) is 1.86. The molecule has 0 bridgehead atoms. The van der Waals surface area contributed by atoms with Crippen molar-refractivity contribution in [1.29, 1.82) is 0 Å². The molecule has 1 atom stereocenters. The van der Waals surface area contributed by atoms with Gasteiger partial charge >= 0.3 is 6.61 Å². The van der Waals surface area contributed by atoms with Gasteiger partial charge in [-0.2, -0.15) is 8.78 Å². The van der Waals surface area contributed by atoms with Gasteiger partial charge in [-0.3, -0.25) is 4.79 Å². The van der Waals surface area contributed by atoms with E-state index < -0.39 is 6.61 Å². The summed E-state index contributed by atoms with van der Waals surface area (Å²) in [5.41, 5.74) is 0.484. The predicted octanol–water partition coefficient (Wildman–Crippen LogP) is 2.90. The molecular formula is C12H12BrF2NO2. The Morgan fingerprint density at radius 3 is 2.56 bits per heavy atom. The first-order valence-electron chi connectivity index (χ1n) is 5.54. The Bertz CT molecular complexity index is 425. The molecule has 1 unspecified atom stereocenters. The Kier molecular flexibility index (Phi) is 4.16. The first-order valence-corrected chi connectivity index (χ1v) is 6.46. The van der Waals surface area contributed by atoms with Gasteiger partial charge in [0, 0.05) is 23.5 Å². The monoisotopic (exact) mass is 319 g/mol. The molecule has 2 rings (SSSR count). The summed E-state index contributed by atoms with van der Waals surface area (Å²) in [4.78, 5) is 14.1. The Morgan fingerprint density at radius 1 is 1.39 bits per heavy atom. The van der Waals surface area contributed by atoms with Crippen molar-refractivity contribution in [3.63, 3.8) is 0 Å². The van der Waals surface area contributed by atoms with E-state index >= 15 is 0 Å². The van der Waals surface area contributed by atoms with Crippen LogP contribution in [0.3, 0.4) is 0 Å². The Labute approximate surface area is 112 Å². The molecule has 98 valence electrons. The summed E-state index contributed by atoms with van der Waals surface area (Å²) in [7, 11) is 0. The van der Waals surface area contributed by atoms with Crippen LogP contribution in [0.5, 0.6) is 5.75 Å². The van der Waals surface area contributed by atoms with Crippen molar-refractivity contribution >= 4 is 21.8 Å². The van der Waals surface area contributed by atoms with E-state index in [1.165, 1.54) is 24.3 Å². The number of carbonyl (C=O) groups is 1. The molecule has 6 heteroatoms. The second-order valence-corrected chi connectivity index (χ2v) is 5.33. The number of ether oxygens (including phenoxy) is 1. The zero-order valence-corrected chi connectivity index (χ0v) is 11.1. The van der Waals surface area contributed by atoms with Gasteiger partial charge in [-0.05, 0) is 30.7 Å².